The second kappa shape index (κ2) is 5.32. The Bertz CT molecular complexity index is 786. The van der Waals surface area contributed by atoms with Crippen molar-refractivity contribution >= 4 is 32.3 Å². The molecule has 0 aliphatic rings. The summed E-state index contributed by atoms with van der Waals surface area (Å²) in [6, 6.07) is 10.0. The summed E-state index contributed by atoms with van der Waals surface area (Å²) in [6.07, 6.45) is 0. The van der Waals surface area contributed by atoms with E-state index in [4.69, 9.17) is 10.4 Å². The second-order valence-corrected chi connectivity index (χ2v) is 6.48. The lowest BCUT2D eigenvalue weighted by Crippen LogP contribution is -2.11. The zero-order chi connectivity index (χ0) is 14.8. The van der Waals surface area contributed by atoms with E-state index in [1.165, 1.54) is 36.4 Å². The third kappa shape index (κ3) is 2.96. The highest BCUT2D eigenvalue weighted by Crippen LogP contribution is 2.24. The summed E-state index contributed by atoms with van der Waals surface area (Å²) in [4.78, 5) is 10.8. The number of rotatable bonds is 4. The highest BCUT2D eigenvalue weighted by molar-refractivity contribution is 7.93. The van der Waals surface area contributed by atoms with Gasteiger partial charge in [-0.15, -0.1) is 11.3 Å². The fourth-order valence-corrected chi connectivity index (χ4v) is 3.44. The van der Waals surface area contributed by atoms with E-state index < -0.39 is 16.0 Å². The van der Waals surface area contributed by atoms with Gasteiger partial charge in [0.1, 0.15) is 9.88 Å². The number of hydrogen-bond donors (Lipinski definition) is 2. The summed E-state index contributed by atoms with van der Waals surface area (Å²) in [5, 5.41) is 17.6. The first-order valence-electron chi connectivity index (χ1n) is 5.28. The highest BCUT2D eigenvalue weighted by Gasteiger charge is 2.16. The molecule has 0 saturated heterocycles. The summed E-state index contributed by atoms with van der Waals surface area (Å²) in [7, 11) is -3.79. The number of carboxylic acid groups (broad SMARTS) is 1. The Morgan fingerprint density at radius 3 is 2.35 bits per heavy atom. The van der Waals surface area contributed by atoms with Crippen molar-refractivity contribution in [1.29, 1.82) is 5.26 Å². The van der Waals surface area contributed by atoms with Crippen LogP contribution >= 0.6 is 11.3 Å². The zero-order valence-electron chi connectivity index (χ0n) is 9.90. The number of anilines is 1. The molecule has 0 bridgehead atoms. The number of carboxylic acids is 1. The van der Waals surface area contributed by atoms with Crippen LogP contribution in [0.3, 0.4) is 0 Å². The number of nitriles is 1. The van der Waals surface area contributed by atoms with Gasteiger partial charge in [0.2, 0.25) is 0 Å². The molecular formula is C12H8N2O4S2. The van der Waals surface area contributed by atoms with Crippen molar-refractivity contribution in [1.82, 2.24) is 0 Å². The molecule has 0 unspecified atom stereocenters. The van der Waals surface area contributed by atoms with Crippen LogP contribution < -0.4 is 4.72 Å². The van der Waals surface area contributed by atoms with Crippen molar-refractivity contribution in [2.45, 2.75) is 4.90 Å². The molecule has 0 aliphatic carbocycles. The maximum absolute atomic E-state index is 12.0. The first-order valence-corrected chi connectivity index (χ1v) is 7.58. The van der Waals surface area contributed by atoms with Gasteiger partial charge in [0.15, 0.2) is 0 Å². The molecule has 6 nitrogen and oxygen atoms in total. The number of nitrogens with one attached hydrogen (secondary N) is 1. The highest BCUT2D eigenvalue weighted by atomic mass is 32.2. The first-order chi connectivity index (χ1) is 9.42. The monoisotopic (exact) mass is 308 g/mol. The number of benzene rings is 1. The molecule has 0 fully saturated rings. The molecule has 1 aromatic carbocycles. The van der Waals surface area contributed by atoms with Crippen molar-refractivity contribution in [3.63, 3.8) is 0 Å². The van der Waals surface area contributed by atoms with Crippen LogP contribution in [0.15, 0.2) is 41.3 Å². The summed E-state index contributed by atoms with van der Waals surface area (Å²) in [5.41, 5.74) is 0.355. The van der Waals surface area contributed by atoms with Crippen LogP contribution in [0.1, 0.15) is 15.2 Å². The SMILES string of the molecule is N#Cc1ccc(S(=O)(=O)Nc2ccc(C(=O)O)s2)cc1. The predicted octanol–water partition coefficient (Wildman–Crippen LogP) is 2.12. The molecule has 102 valence electrons. The van der Waals surface area contributed by atoms with Crippen molar-refractivity contribution in [3.05, 3.63) is 46.8 Å². The van der Waals surface area contributed by atoms with E-state index in [1.54, 1.807) is 0 Å². The van der Waals surface area contributed by atoms with Crippen molar-refractivity contribution in [2.75, 3.05) is 4.72 Å². The van der Waals surface area contributed by atoms with Gasteiger partial charge < -0.3 is 5.11 Å². The molecule has 0 atom stereocenters. The molecule has 0 radical (unpaired) electrons. The van der Waals surface area contributed by atoms with E-state index in [1.807, 2.05) is 6.07 Å². The van der Waals surface area contributed by atoms with Gasteiger partial charge in [-0.3, -0.25) is 4.72 Å². The predicted molar refractivity (Wildman–Crippen MR) is 73.2 cm³/mol. The van der Waals surface area contributed by atoms with E-state index >= 15 is 0 Å². The van der Waals surface area contributed by atoms with Gasteiger partial charge in [-0.25, -0.2) is 13.2 Å². The van der Waals surface area contributed by atoms with Crippen LogP contribution in [0.25, 0.3) is 0 Å². The molecule has 2 rings (SSSR count). The van der Waals surface area contributed by atoms with Crippen molar-refractivity contribution < 1.29 is 18.3 Å². The van der Waals surface area contributed by atoms with Gasteiger partial charge in [-0.05, 0) is 36.4 Å². The van der Waals surface area contributed by atoms with Crippen molar-refractivity contribution in [3.8, 4) is 6.07 Å². The fourth-order valence-electron chi connectivity index (χ4n) is 1.41. The van der Waals surface area contributed by atoms with E-state index in [0.717, 1.165) is 11.3 Å². The second-order valence-electron chi connectivity index (χ2n) is 3.71. The quantitative estimate of drug-likeness (QED) is 0.899. The Morgan fingerprint density at radius 2 is 1.85 bits per heavy atom. The normalized spacial score (nSPS) is 10.8. The third-order valence-electron chi connectivity index (χ3n) is 2.35. The number of nitrogens with zero attached hydrogens (tertiary/aromatic N) is 1. The number of sulfonamides is 1. The molecule has 1 aromatic heterocycles. The van der Waals surface area contributed by atoms with Gasteiger partial charge in [-0.2, -0.15) is 5.26 Å². The number of aromatic carboxylic acids is 1. The van der Waals surface area contributed by atoms with Crippen LogP contribution in [-0.4, -0.2) is 19.5 Å². The minimum atomic E-state index is -3.79. The molecular weight excluding hydrogens is 300 g/mol. The van der Waals surface area contributed by atoms with Gasteiger partial charge >= 0.3 is 5.97 Å². The molecule has 20 heavy (non-hydrogen) atoms. The lowest BCUT2D eigenvalue weighted by molar-refractivity contribution is 0.0702. The van der Waals surface area contributed by atoms with Crippen molar-refractivity contribution in [2.24, 2.45) is 0 Å². The van der Waals surface area contributed by atoms with E-state index in [2.05, 4.69) is 4.72 Å². The van der Waals surface area contributed by atoms with Crippen LogP contribution in [0.4, 0.5) is 5.00 Å². The zero-order valence-corrected chi connectivity index (χ0v) is 11.5. The Labute approximate surface area is 119 Å². The van der Waals surface area contributed by atoms with E-state index in [9.17, 15) is 13.2 Å². The number of thiophene rings is 1. The minimum absolute atomic E-state index is 0.00164. The third-order valence-corrected chi connectivity index (χ3v) is 4.84. The van der Waals surface area contributed by atoms with E-state index in [-0.39, 0.29) is 14.8 Å². The van der Waals surface area contributed by atoms with Crippen LogP contribution in [0, 0.1) is 11.3 Å². The van der Waals surface area contributed by atoms with Crippen LogP contribution in [-0.2, 0) is 10.0 Å². The minimum Gasteiger partial charge on any atom is -0.477 e. The Morgan fingerprint density at radius 1 is 1.20 bits per heavy atom. The maximum Gasteiger partial charge on any atom is 0.345 e. The van der Waals surface area contributed by atoms with Gasteiger partial charge in [0.25, 0.3) is 10.0 Å². The largest absolute Gasteiger partial charge is 0.477 e. The average molecular weight is 308 g/mol. The first kappa shape index (κ1) is 14.0. The molecule has 0 saturated carbocycles. The Kier molecular flexibility index (Phi) is 3.74. The van der Waals surface area contributed by atoms with Gasteiger partial charge in [0, 0.05) is 0 Å². The Balaban J connectivity index is 2.25. The number of carbonyl (C=O) groups is 1. The molecule has 0 aliphatic heterocycles. The van der Waals surface area contributed by atoms with Gasteiger partial charge in [-0.1, -0.05) is 0 Å². The summed E-state index contributed by atoms with van der Waals surface area (Å²) < 4.78 is 26.4. The topological polar surface area (TPSA) is 107 Å². The summed E-state index contributed by atoms with van der Waals surface area (Å²) >= 11 is 0.828. The lowest BCUT2D eigenvalue weighted by atomic mass is 10.2. The van der Waals surface area contributed by atoms with Crippen LogP contribution in [0.2, 0.25) is 0 Å². The molecule has 0 amide bonds. The van der Waals surface area contributed by atoms with Crippen LogP contribution in [0.5, 0.6) is 0 Å². The standard InChI is InChI=1S/C12H8N2O4S2/c13-7-8-1-3-9(4-2-8)20(17,18)14-11-6-5-10(19-11)12(15)16/h1-6,14H,(H,15,16). The fraction of sp³-hybridized carbons (Fsp3) is 0. The van der Waals surface area contributed by atoms with E-state index in [0.29, 0.717) is 5.56 Å². The molecule has 1 heterocycles. The average Bonchev–Trinajstić information content (AvgIpc) is 2.87. The summed E-state index contributed by atoms with van der Waals surface area (Å²) in [5.74, 6) is -1.11. The molecule has 8 heteroatoms. The smallest absolute Gasteiger partial charge is 0.345 e. The number of hydrogen-bond acceptors (Lipinski definition) is 5. The Hall–Kier alpha value is -2.37. The van der Waals surface area contributed by atoms with Gasteiger partial charge in [0.05, 0.1) is 16.5 Å². The summed E-state index contributed by atoms with van der Waals surface area (Å²) in [6.45, 7) is 0. The molecule has 2 N–H and O–H groups in total. The molecule has 2 aromatic rings. The maximum atomic E-state index is 12.0. The molecule has 0 spiro atoms. The lowest BCUT2D eigenvalue weighted by Gasteiger charge is -2.05.